The molecular weight excluding hydrogens is 327 g/mol. The van der Waals surface area contributed by atoms with Crippen LogP contribution in [0, 0.1) is 11.8 Å². The lowest BCUT2D eigenvalue weighted by molar-refractivity contribution is 0.474. The van der Waals surface area contributed by atoms with E-state index in [-0.39, 0.29) is 0 Å². The minimum Gasteiger partial charge on any atom is -0.126 e. The van der Waals surface area contributed by atoms with Crippen LogP contribution in [0.4, 0.5) is 0 Å². The predicted molar refractivity (Wildman–Crippen MR) is 79.3 cm³/mol. The van der Waals surface area contributed by atoms with Crippen LogP contribution in [-0.4, -0.2) is 11.1 Å². The van der Waals surface area contributed by atoms with Crippen molar-refractivity contribution in [1.29, 1.82) is 0 Å². The maximum absolute atomic E-state index is 5.97. The Morgan fingerprint density at radius 2 is 1.94 bits per heavy atom. The summed E-state index contributed by atoms with van der Waals surface area (Å²) in [5.41, 5.74) is 0. The molecule has 0 N–H and O–H groups in total. The average Bonchev–Trinajstić information content (AvgIpc) is 2.23. The molecule has 1 aromatic carbocycles. The van der Waals surface area contributed by atoms with Gasteiger partial charge in [0.15, 0.2) is 0 Å². The first-order chi connectivity index (χ1) is 7.54. The first-order valence-electron chi connectivity index (χ1n) is 5.18. The van der Waals surface area contributed by atoms with Crippen LogP contribution in [0.5, 0.6) is 0 Å². The van der Waals surface area contributed by atoms with Gasteiger partial charge in [0.2, 0.25) is 0 Å². The molecule has 4 heteroatoms. The first-order valence-corrected chi connectivity index (χ1v) is 8.04. The summed E-state index contributed by atoms with van der Waals surface area (Å²) >= 11 is 17.2. The number of rotatable bonds is 5. The predicted octanol–water partition coefficient (Wildman–Crippen LogP) is 5.75. The third kappa shape index (κ3) is 4.48. The van der Waals surface area contributed by atoms with Gasteiger partial charge in [0.1, 0.15) is 0 Å². The van der Waals surface area contributed by atoms with E-state index in [0.717, 1.165) is 11.1 Å². The third-order valence-corrected chi connectivity index (χ3v) is 5.25. The van der Waals surface area contributed by atoms with Crippen LogP contribution in [0.25, 0.3) is 0 Å². The van der Waals surface area contributed by atoms with Gasteiger partial charge in [-0.3, -0.25) is 0 Å². The molecule has 1 rings (SSSR count). The van der Waals surface area contributed by atoms with Gasteiger partial charge >= 0.3 is 0 Å². The number of benzene rings is 1. The van der Waals surface area contributed by atoms with E-state index in [0.29, 0.717) is 21.9 Å². The van der Waals surface area contributed by atoms with E-state index in [1.165, 1.54) is 4.90 Å². The number of halogens is 3. The summed E-state index contributed by atoms with van der Waals surface area (Å²) < 4.78 is 0. The van der Waals surface area contributed by atoms with Crippen LogP contribution in [0.2, 0.25) is 10.0 Å². The van der Waals surface area contributed by atoms with Crippen molar-refractivity contribution in [3.05, 3.63) is 28.2 Å². The molecule has 0 aliphatic heterocycles. The highest BCUT2D eigenvalue weighted by molar-refractivity contribution is 9.09. The highest BCUT2D eigenvalue weighted by Gasteiger charge is 2.12. The second-order valence-electron chi connectivity index (χ2n) is 4.05. The van der Waals surface area contributed by atoms with E-state index in [4.69, 9.17) is 23.2 Å². The minimum absolute atomic E-state index is 0.618. The summed E-state index contributed by atoms with van der Waals surface area (Å²) in [5.74, 6) is 2.47. The summed E-state index contributed by atoms with van der Waals surface area (Å²) in [6.45, 7) is 4.50. The molecule has 0 saturated carbocycles. The van der Waals surface area contributed by atoms with Gasteiger partial charge in [-0.25, -0.2) is 0 Å². The molecule has 0 fully saturated rings. The lowest BCUT2D eigenvalue weighted by Gasteiger charge is -2.17. The molecule has 0 bridgehead atoms. The Balaban J connectivity index is 2.57. The van der Waals surface area contributed by atoms with Gasteiger partial charge in [0.05, 0.1) is 10.0 Å². The van der Waals surface area contributed by atoms with Gasteiger partial charge in [0, 0.05) is 16.0 Å². The molecule has 1 aromatic rings. The molecule has 0 radical (unpaired) electrons. The smallest absolute Gasteiger partial charge is 0.0603 e. The zero-order chi connectivity index (χ0) is 12.1. The molecule has 0 saturated heterocycles. The minimum atomic E-state index is 0.618. The van der Waals surface area contributed by atoms with E-state index in [2.05, 4.69) is 29.8 Å². The van der Waals surface area contributed by atoms with E-state index in [1.807, 2.05) is 30.0 Å². The van der Waals surface area contributed by atoms with Crippen molar-refractivity contribution in [2.24, 2.45) is 11.8 Å². The topological polar surface area (TPSA) is 0 Å². The number of hydrogen-bond acceptors (Lipinski definition) is 1. The monoisotopic (exact) mass is 340 g/mol. The van der Waals surface area contributed by atoms with Crippen molar-refractivity contribution in [2.45, 2.75) is 18.7 Å². The third-order valence-electron chi connectivity index (χ3n) is 2.50. The maximum atomic E-state index is 5.97. The Morgan fingerprint density at radius 1 is 1.25 bits per heavy atom. The normalized spacial score (nSPS) is 13.1. The molecule has 0 heterocycles. The molecule has 0 aliphatic carbocycles. The molecule has 16 heavy (non-hydrogen) atoms. The quantitative estimate of drug-likeness (QED) is 0.485. The van der Waals surface area contributed by atoms with Crippen molar-refractivity contribution >= 4 is 50.9 Å². The number of hydrogen-bond donors (Lipinski definition) is 0. The van der Waals surface area contributed by atoms with Crippen LogP contribution < -0.4 is 0 Å². The van der Waals surface area contributed by atoms with Gasteiger partial charge in [0.25, 0.3) is 0 Å². The largest absolute Gasteiger partial charge is 0.126 e. The van der Waals surface area contributed by atoms with Gasteiger partial charge in [-0.05, 0) is 30.0 Å². The zero-order valence-corrected chi connectivity index (χ0v) is 13.3. The molecule has 0 amide bonds. The molecule has 0 aromatic heterocycles. The molecule has 0 aliphatic rings. The molecule has 1 atom stereocenters. The zero-order valence-electron chi connectivity index (χ0n) is 9.34. The number of alkyl halides is 1. The molecular formula is C12H15BrCl2S. The maximum Gasteiger partial charge on any atom is 0.0603 e. The summed E-state index contributed by atoms with van der Waals surface area (Å²) in [6.07, 6.45) is 0. The Morgan fingerprint density at radius 3 is 2.44 bits per heavy atom. The van der Waals surface area contributed by atoms with Crippen LogP contribution in [0.1, 0.15) is 13.8 Å². The van der Waals surface area contributed by atoms with Crippen molar-refractivity contribution in [2.75, 3.05) is 11.1 Å². The summed E-state index contributed by atoms with van der Waals surface area (Å²) in [4.78, 5) is 1.18. The Labute approximate surface area is 120 Å². The van der Waals surface area contributed by atoms with Crippen molar-refractivity contribution in [3.63, 3.8) is 0 Å². The van der Waals surface area contributed by atoms with Crippen LogP contribution in [0.15, 0.2) is 23.1 Å². The summed E-state index contributed by atoms with van der Waals surface area (Å²) in [6, 6.07) is 5.80. The van der Waals surface area contributed by atoms with Gasteiger partial charge < -0.3 is 0 Å². The lowest BCUT2D eigenvalue weighted by Crippen LogP contribution is -2.12. The van der Waals surface area contributed by atoms with Crippen molar-refractivity contribution < 1.29 is 0 Å². The highest BCUT2D eigenvalue weighted by atomic mass is 79.9. The standard InChI is InChI=1S/C12H15BrCl2S/c1-8(2)9(6-13)7-16-10-3-4-11(14)12(15)5-10/h3-5,8-9H,6-7H2,1-2H3. The summed E-state index contributed by atoms with van der Waals surface area (Å²) in [7, 11) is 0. The van der Waals surface area contributed by atoms with Gasteiger partial charge in [-0.15, -0.1) is 11.8 Å². The fourth-order valence-corrected chi connectivity index (χ4v) is 4.10. The summed E-state index contributed by atoms with van der Waals surface area (Å²) in [5, 5.41) is 2.29. The first kappa shape index (κ1) is 14.7. The van der Waals surface area contributed by atoms with E-state index in [1.54, 1.807) is 0 Å². The molecule has 0 spiro atoms. The highest BCUT2D eigenvalue weighted by Crippen LogP contribution is 2.30. The van der Waals surface area contributed by atoms with Gasteiger partial charge in [-0.2, -0.15) is 0 Å². The Kier molecular flexibility index (Phi) is 6.57. The van der Waals surface area contributed by atoms with E-state index < -0.39 is 0 Å². The van der Waals surface area contributed by atoms with Gasteiger partial charge in [-0.1, -0.05) is 53.0 Å². The molecule has 90 valence electrons. The number of thioether (sulfide) groups is 1. The Bertz CT molecular complexity index is 342. The van der Waals surface area contributed by atoms with E-state index in [9.17, 15) is 0 Å². The second-order valence-corrected chi connectivity index (χ2v) is 6.60. The van der Waals surface area contributed by atoms with Crippen molar-refractivity contribution in [3.8, 4) is 0 Å². The Hall–Kier alpha value is 0.630. The molecule has 0 nitrogen and oxygen atoms in total. The second kappa shape index (κ2) is 7.15. The SMILES string of the molecule is CC(C)C(CBr)CSc1ccc(Cl)c(Cl)c1. The lowest BCUT2D eigenvalue weighted by atomic mass is 10.0. The van der Waals surface area contributed by atoms with Crippen LogP contribution >= 0.6 is 50.9 Å². The molecule has 1 unspecified atom stereocenters. The van der Waals surface area contributed by atoms with Crippen molar-refractivity contribution in [1.82, 2.24) is 0 Å². The van der Waals surface area contributed by atoms with Crippen LogP contribution in [0.3, 0.4) is 0 Å². The fraction of sp³-hybridized carbons (Fsp3) is 0.500. The average molecular weight is 342 g/mol. The van der Waals surface area contributed by atoms with Crippen LogP contribution in [-0.2, 0) is 0 Å². The fourth-order valence-electron chi connectivity index (χ4n) is 1.19. The van der Waals surface area contributed by atoms with E-state index >= 15 is 0 Å².